The molecular formula is C12H19NO3S2. The predicted octanol–water partition coefficient (Wildman–Crippen LogP) is 2.10. The van der Waals surface area contributed by atoms with Crippen LogP contribution in [0.25, 0.3) is 0 Å². The number of aliphatic hydroxyl groups excluding tert-OH is 1. The summed E-state index contributed by atoms with van der Waals surface area (Å²) in [5.41, 5.74) is 0. The van der Waals surface area contributed by atoms with E-state index in [1.54, 1.807) is 11.4 Å². The van der Waals surface area contributed by atoms with E-state index in [1.165, 1.54) is 17.8 Å². The Morgan fingerprint density at radius 2 is 2.17 bits per heavy atom. The molecule has 2 rings (SSSR count). The SMILES string of the molecule is CC1CCCCC1NS(=O)(=O)c1csc(CO)c1. The highest BCUT2D eigenvalue weighted by Gasteiger charge is 2.27. The minimum absolute atomic E-state index is 0.0428. The van der Waals surface area contributed by atoms with E-state index in [0.717, 1.165) is 19.3 Å². The molecule has 102 valence electrons. The first-order valence-corrected chi connectivity index (χ1v) is 8.60. The van der Waals surface area contributed by atoms with E-state index in [4.69, 9.17) is 5.11 Å². The lowest BCUT2D eigenvalue weighted by Gasteiger charge is -2.29. The summed E-state index contributed by atoms with van der Waals surface area (Å²) in [4.78, 5) is 0.946. The Morgan fingerprint density at radius 1 is 1.44 bits per heavy atom. The molecule has 0 spiro atoms. The first-order chi connectivity index (χ1) is 8.53. The van der Waals surface area contributed by atoms with Gasteiger partial charge in [-0.3, -0.25) is 0 Å². The van der Waals surface area contributed by atoms with Crippen LogP contribution in [0.15, 0.2) is 16.3 Å². The summed E-state index contributed by atoms with van der Waals surface area (Å²) in [7, 11) is -3.43. The Morgan fingerprint density at radius 3 is 2.78 bits per heavy atom. The lowest BCUT2D eigenvalue weighted by molar-refractivity contribution is 0.285. The lowest BCUT2D eigenvalue weighted by Crippen LogP contribution is -2.40. The van der Waals surface area contributed by atoms with Crippen molar-refractivity contribution in [2.24, 2.45) is 5.92 Å². The second kappa shape index (κ2) is 5.69. The molecule has 6 heteroatoms. The molecule has 2 N–H and O–H groups in total. The summed E-state index contributed by atoms with van der Waals surface area (Å²) in [5.74, 6) is 0.393. The van der Waals surface area contributed by atoms with Crippen molar-refractivity contribution in [2.75, 3.05) is 0 Å². The van der Waals surface area contributed by atoms with Crippen molar-refractivity contribution in [1.29, 1.82) is 0 Å². The second-order valence-electron chi connectivity index (χ2n) is 4.90. The number of hydrogen-bond donors (Lipinski definition) is 2. The van der Waals surface area contributed by atoms with Gasteiger partial charge in [-0.25, -0.2) is 13.1 Å². The summed E-state index contributed by atoms with van der Waals surface area (Å²) in [6, 6.07) is 1.58. The summed E-state index contributed by atoms with van der Waals surface area (Å²) in [6.45, 7) is 1.99. The van der Waals surface area contributed by atoms with Crippen LogP contribution in [0.4, 0.5) is 0 Å². The maximum absolute atomic E-state index is 12.2. The van der Waals surface area contributed by atoms with Gasteiger partial charge in [0.1, 0.15) is 0 Å². The van der Waals surface area contributed by atoms with Gasteiger partial charge in [0.25, 0.3) is 0 Å². The molecule has 1 fully saturated rings. The van der Waals surface area contributed by atoms with Crippen LogP contribution in [0, 0.1) is 5.92 Å². The highest BCUT2D eigenvalue weighted by Crippen LogP contribution is 2.26. The van der Waals surface area contributed by atoms with Gasteiger partial charge in [0.15, 0.2) is 0 Å². The zero-order valence-corrected chi connectivity index (χ0v) is 12.1. The van der Waals surface area contributed by atoms with Crippen molar-refractivity contribution in [2.45, 2.75) is 50.2 Å². The van der Waals surface area contributed by atoms with E-state index < -0.39 is 10.0 Å². The van der Waals surface area contributed by atoms with Gasteiger partial charge in [-0.1, -0.05) is 19.8 Å². The van der Waals surface area contributed by atoms with Crippen LogP contribution in [0.3, 0.4) is 0 Å². The molecular weight excluding hydrogens is 270 g/mol. The van der Waals surface area contributed by atoms with Crippen molar-refractivity contribution in [1.82, 2.24) is 4.72 Å². The molecule has 0 bridgehead atoms. The minimum atomic E-state index is -3.43. The molecule has 1 heterocycles. The Labute approximate surface area is 112 Å². The van der Waals surface area contributed by atoms with Gasteiger partial charge in [0, 0.05) is 16.3 Å². The fraction of sp³-hybridized carbons (Fsp3) is 0.667. The molecule has 0 aromatic carbocycles. The fourth-order valence-corrected chi connectivity index (χ4v) is 4.86. The van der Waals surface area contributed by atoms with Crippen molar-refractivity contribution >= 4 is 21.4 Å². The van der Waals surface area contributed by atoms with E-state index in [2.05, 4.69) is 11.6 Å². The molecule has 1 aliphatic carbocycles. The van der Waals surface area contributed by atoms with Crippen LogP contribution in [-0.4, -0.2) is 19.6 Å². The zero-order chi connectivity index (χ0) is 13.2. The van der Waals surface area contributed by atoms with Crippen molar-refractivity contribution in [3.63, 3.8) is 0 Å². The Bertz CT molecular complexity index is 495. The summed E-state index contributed by atoms with van der Waals surface area (Å²) >= 11 is 1.27. The molecule has 0 aliphatic heterocycles. The molecule has 1 saturated carbocycles. The molecule has 0 saturated heterocycles. The molecule has 0 radical (unpaired) electrons. The smallest absolute Gasteiger partial charge is 0.241 e. The van der Waals surface area contributed by atoms with Gasteiger partial charge in [-0.05, 0) is 24.8 Å². The summed E-state index contributed by atoms with van der Waals surface area (Å²) in [6.07, 6.45) is 4.27. The molecule has 1 aromatic heterocycles. The van der Waals surface area contributed by atoms with E-state index in [0.29, 0.717) is 10.8 Å². The van der Waals surface area contributed by atoms with E-state index in [-0.39, 0.29) is 17.5 Å². The average Bonchev–Trinajstić information content (AvgIpc) is 2.81. The molecule has 4 nitrogen and oxygen atoms in total. The topological polar surface area (TPSA) is 66.4 Å². The molecule has 18 heavy (non-hydrogen) atoms. The van der Waals surface area contributed by atoms with Gasteiger partial charge >= 0.3 is 0 Å². The number of nitrogens with one attached hydrogen (secondary N) is 1. The highest BCUT2D eigenvalue weighted by molar-refractivity contribution is 7.89. The number of rotatable bonds is 4. The van der Waals surface area contributed by atoms with Crippen molar-refractivity contribution in [3.8, 4) is 0 Å². The number of thiophene rings is 1. The first kappa shape index (κ1) is 14.0. The number of sulfonamides is 1. The minimum Gasteiger partial charge on any atom is -0.391 e. The average molecular weight is 289 g/mol. The third kappa shape index (κ3) is 3.12. The summed E-state index contributed by atoms with van der Waals surface area (Å²) < 4.78 is 27.2. The summed E-state index contributed by atoms with van der Waals surface area (Å²) in [5, 5.41) is 10.6. The van der Waals surface area contributed by atoms with Gasteiger partial charge < -0.3 is 5.11 Å². The van der Waals surface area contributed by atoms with Gasteiger partial charge in [-0.15, -0.1) is 11.3 Å². The molecule has 0 amide bonds. The van der Waals surface area contributed by atoms with Gasteiger partial charge in [0.05, 0.1) is 11.5 Å². The second-order valence-corrected chi connectivity index (χ2v) is 7.61. The normalized spacial score (nSPS) is 25.2. The van der Waals surface area contributed by atoms with Crippen LogP contribution >= 0.6 is 11.3 Å². The third-order valence-electron chi connectivity index (χ3n) is 3.51. The van der Waals surface area contributed by atoms with Crippen LogP contribution in [0.2, 0.25) is 0 Å². The molecule has 1 aliphatic rings. The van der Waals surface area contributed by atoms with Crippen molar-refractivity contribution < 1.29 is 13.5 Å². The third-order valence-corrected chi connectivity index (χ3v) is 6.05. The monoisotopic (exact) mass is 289 g/mol. The Balaban J connectivity index is 2.11. The largest absolute Gasteiger partial charge is 0.391 e. The number of aliphatic hydroxyl groups is 1. The highest BCUT2D eigenvalue weighted by atomic mass is 32.2. The fourth-order valence-electron chi connectivity index (χ4n) is 2.34. The van der Waals surface area contributed by atoms with Crippen LogP contribution < -0.4 is 4.72 Å². The van der Waals surface area contributed by atoms with Gasteiger partial charge in [0.2, 0.25) is 10.0 Å². The maximum Gasteiger partial charge on any atom is 0.241 e. The van der Waals surface area contributed by atoms with Gasteiger partial charge in [-0.2, -0.15) is 0 Å². The van der Waals surface area contributed by atoms with Crippen LogP contribution in [0.1, 0.15) is 37.5 Å². The molecule has 2 atom stereocenters. The molecule has 1 aromatic rings. The van der Waals surface area contributed by atoms with E-state index in [9.17, 15) is 8.42 Å². The number of hydrogen-bond acceptors (Lipinski definition) is 4. The standard InChI is InChI=1S/C12H19NO3S2/c1-9-4-2-3-5-12(9)13-18(15,16)11-6-10(7-14)17-8-11/h6,8-9,12-14H,2-5,7H2,1H3. The predicted molar refractivity (Wildman–Crippen MR) is 72.0 cm³/mol. The zero-order valence-electron chi connectivity index (χ0n) is 10.4. The Kier molecular flexibility index (Phi) is 4.42. The van der Waals surface area contributed by atoms with Crippen LogP contribution in [-0.2, 0) is 16.6 Å². The molecule has 2 unspecified atom stereocenters. The quantitative estimate of drug-likeness (QED) is 0.892. The Hall–Kier alpha value is -0.430. The maximum atomic E-state index is 12.2. The first-order valence-electron chi connectivity index (χ1n) is 6.23. The van der Waals surface area contributed by atoms with Crippen LogP contribution in [0.5, 0.6) is 0 Å². The van der Waals surface area contributed by atoms with Crippen molar-refractivity contribution in [3.05, 3.63) is 16.3 Å². The van der Waals surface area contributed by atoms with E-state index in [1.807, 2.05) is 0 Å². The lowest BCUT2D eigenvalue weighted by atomic mass is 9.87. The van der Waals surface area contributed by atoms with E-state index >= 15 is 0 Å².